The molecule has 0 spiro atoms. The molecular formula is C16H17Cl2N5O3S. The number of pyridine rings is 1. The summed E-state index contributed by atoms with van der Waals surface area (Å²) in [6, 6.07) is 7.42. The van der Waals surface area contributed by atoms with E-state index in [0.717, 1.165) is 6.42 Å². The molecule has 144 valence electrons. The van der Waals surface area contributed by atoms with E-state index in [4.69, 9.17) is 28.3 Å². The summed E-state index contributed by atoms with van der Waals surface area (Å²) in [6.07, 6.45) is 1.95. The first-order chi connectivity index (χ1) is 12.7. The van der Waals surface area contributed by atoms with Gasteiger partial charge in [0.2, 0.25) is 10.0 Å². The third kappa shape index (κ3) is 5.01. The van der Waals surface area contributed by atoms with E-state index in [2.05, 4.69) is 15.6 Å². The number of nitrogens with two attached hydrogens (primary N) is 1. The third-order valence-corrected chi connectivity index (χ3v) is 5.71. The number of amides is 2. The van der Waals surface area contributed by atoms with Crippen LogP contribution in [-0.4, -0.2) is 38.6 Å². The molecule has 0 unspecified atom stereocenters. The molecule has 2 amide bonds. The van der Waals surface area contributed by atoms with E-state index >= 15 is 0 Å². The van der Waals surface area contributed by atoms with Gasteiger partial charge in [-0.3, -0.25) is 0 Å². The second-order valence-electron chi connectivity index (χ2n) is 6.06. The maximum absolute atomic E-state index is 12.1. The summed E-state index contributed by atoms with van der Waals surface area (Å²) in [5.41, 5.74) is 0.539. The van der Waals surface area contributed by atoms with Gasteiger partial charge >= 0.3 is 6.03 Å². The van der Waals surface area contributed by atoms with Crippen molar-refractivity contribution in [1.82, 2.24) is 10.3 Å². The summed E-state index contributed by atoms with van der Waals surface area (Å²) < 4.78 is 22.6. The average molecular weight is 430 g/mol. The lowest BCUT2D eigenvalue weighted by Crippen LogP contribution is -2.39. The van der Waals surface area contributed by atoms with Crippen molar-refractivity contribution >= 4 is 50.8 Å². The van der Waals surface area contributed by atoms with E-state index < -0.39 is 10.0 Å². The Morgan fingerprint density at radius 3 is 2.63 bits per heavy atom. The van der Waals surface area contributed by atoms with E-state index in [1.807, 2.05) is 4.90 Å². The van der Waals surface area contributed by atoms with Crippen LogP contribution in [0.4, 0.5) is 16.3 Å². The van der Waals surface area contributed by atoms with Gasteiger partial charge in [-0.1, -0.05) is 23.2 Å². The summed E-state index contributed by atoms with van der Waals surface area (Å²) >= 11 is 11.8. The third-order valence-electron chi connectivity index (χ3n) is 4.07. The number of primary sulfonamides is 1. The van der Waals surface area contributed by atoms with E-state index in [1.165, 1.54) is 12.3 Å². The molecule has 1 aliphatic heterocycles. The number of anilines is 2. The van der Waals surface area contributed by atoms with Gasteiger partial charge in [0.1, 0.15) is 10.7 Å². The number of nitrogens with zero attached hydrogens (tertiary/aromatic N) is 2. The minimum Gasteiger partial charge on any atom is -0.354 e. The lowest BCUT2D eigenvalue weighted by molar-refractivity contribution is 0.249. The number of urea groups is 1. The minimum absolute atomic E-state index is 0.0406. The van der Waals surface area contributed by atoms with Crippen molar-refractivity contribution in [1.29, 1.82) is 0 Å². The van der Waals surface area contributed by atoms with Crippen molar-refractivity contribution in [2.75, 3.05) is 23.3 Å². The van der Waals surface area contributed by atoms with Crippen LogP contribution in [0, 0.1) is 0 Å². The molecule has 0 radical (unpaired) electrons. The largest absolute Gasteiger partial charge is 0.354 e. The summed E-state index contributed by atoms with van der Waals surface area (Å²) in [5, 5.41) is 11.4. The standard InChI is InChI=1S/C16H17Cl2N5O3S/c17-13-3-1-10(7-14(13)18)21-16(24)22-11-5-6-23(9-11)15-4-2-12(8-20-15)27(19,25)26/h1-4,7-8,11H,5-6,9H2,(H2,19,25,26)(H2,21,22,24)/t11-/m0/s1. The average Bonchev–Trinajstić information content (AvgIpc) is 3.06. The first kappa shape index (κ1) is 19.7. The van der Waals surface area contributed by atoms with E-state index in [9.17, 15) is 13.2 Å². The zero-order valence-corrected chi connectivity index (χ0v) is 16.4. The molecule has 11 heteroatoms. The Balaban J connectivity index is 1.56. The Bertz CT molecular complexity index is 953. The predicted octanol–water partition coefficient (Wildman–Crippen LogP) is 2.44. The molecule has 1 atom stereocenters. The van der Waals surface area contributed by atoms with E-state index in [0.29, 0.717) is 34.6 Å². The van der Waals surface area contributed by atoms with Crippen LogP contribution >= 0.6 is 23.2 Å². The normalized spacial score (nSPS) is 17.0. The van der Waals surface area contributed by atoms with Crippen LogP contribution in [0.3, 0.4) is 0 Å². The maximum Gasteiger partial charge on any atom is 0.319 e. The lowest BCUT2D eigenvalue weighted by Gasteiger charge is -2.18. The van der Waals surface area contributed by atoms with Crippen molar-refractivity contribution in [3.63, 3.8) is 0 Å². The first-order valence-electron chi connectivity index (χ1n) is 7.99. The van der Waals surface area contributed by atoms with Crippen LogP contribution in [0.1, 0.15) is 6.42 Å². The summed E-state index contributed by atoms with van der Waals surface area (Å²) in [5.74, 6) is 0.622. The van der Waals surface area contributed by atoms with Gasteiger partial charge in [0.25, 0.3) is 0 Å². The molecule has 0 aliphatic carbocycles. The highest BCUT2D eigenvalue weighted by molar-refractivity contribution is 7.89. The van der Waals surface area contributed by atoms with Crippen LogP contribution in [0.2, 0.25) is 10.0 Å². The molecule has 0 saturated carbocycles. The monoisotopic (exact) mass is 429 g/mol. The van der Waals surface area contributed by atoms with Gasteiger partial charge in [-0.25, -0.2) is 23.3 Å². The number of hydrogen-bond acceptors (Lipinski definition) is 5. The van der Waals surface area contributed by atoms with Crippen LogP contribution < -0.4 is 20.7 Å². The SMILES string of the molecule is NS(=O)(=O)c1ccc(N2CC[C@H](NC(=O)Nc3ccc(Cl)c(Cl)c3)C2)nc1. The number of sulfonamides is 1. The first-order valence-corrected chi connectivity index (χ1v) is 10.3. The molecule has 4 N–H and O–H groups in total. The number of aromatic nitrogens is 1. The Labute approximate surface area is 166 Å². The van der Waals surface area contributed by atoms with Gasteiger partial charge in [-0.15, -0.1) is 0 Å². The molecule has 3 rings (SSSR count). The fraction of sp³-hybridized carbons (Fsp3) is 0.250. The summed E-state index contributed by atoms with van der Waals surface area (Å²) in [4.78, 5) is 18.2. The zero-order valence-electron chi connectivity index (χ0n) is 14.0. The quantitative estimate of drug-likeness (QED) is 0.689. The number of nitrogens with one attached hydrogen (secondary N) is 2. The maximum atomic E-state index is 12.1. The van der Waals surface area contributed by atoms with Crippen molar-refractivity contribution in [2.24, 2.45) is 5.14 Å². The second kappa shape index (κ2) is 7.89. The molecule has 1 saturated heterocycles. The molecule has 1 fully saturated rings. The number of carbonyl (C=O) groups is 1. The highest BCUT2D eigenvalue weighted by Crippen LogP contribution is 2.25. The molecule has 27 heavy (non-hydrogen) atoms. The van der Waals surface area contributed by atoms with Crippen molar-refractivity contribution < 1.29 is 13.2 Å². The Morgan fingerprint density at radius 2 is 2.00 bits per heavy atom. The van der Waals surface area contributed by atoms with Crippen LogP contribution in [0.15, 0.2) is 41.4 Å². The smallest absolute Gasteiger partial charge is 0.319 e. The molecule has 2 heterocycles. The van der Waals surface area contributed by atoms with Gasteiger partial charge in [0.15, 0.2) is 0 Å². The highest BCUT2D eigenvalue weighted by atomic mass is 35.5. The Hall–Kier alpha value is -2.07. The lowest BCUT2D eigenvalue weighted by atomic mass is 10.3. The molecule has 1 aliphatic rings. The zero-order chi connectivity index (χ0) is 19.6. The molecule has 2 aromatic rings. The second-order valence-corrected chi connectivity index (χ2v) is 8.43. The fourth-order valence-electron chi connectivity index (χ4n) is 2.74. The van der Waals surface area contributed by atoms with Gasteiger partial charge in [-0.2, -0.15) is 0 Å². The van der Waals surface area contributed by atoms with Crippen molar-refractivity contribution in [3.05, 3.63) is 46.6 Å². The molecule has 1 aromatic carbocycles. The van der Waals surface area contributed by atoms with Gasteiger partial charge in [-0.05, 0) is 36.8 Å². The Kier molecular flexibility index (Phi) is 5.75. The minimum atomic E-state index is -3.77. The van der Waals surface area contributed by atoms with Crippen LogP contribution in [0.25, 0.3) is 0 Å². The van der Waals surface area contributed by atoms with Gasteiger partial charge in [0.05, 0.1) is 10.0 Å². The predicted molar refractivity (Wildman–Crippen MR) is 105 cm³/mol. The van der Waals surface area contributed by atoms with Crippen LogP contribution in [-0.2, 0) is 10.0 Å². The number of rotatable bonds is 4. The van der Waals surface area contributed by atoms with E-state index in [-0.39, 0.29) is 17.0 Å². The molecule has 1 aromatic heterocycles. The van der Waals surface area contributed by atoms with Gasteiger partial charge < -0.3 is 15.5 Å². The van der Waals surface area contributed by atoms with Crippen LogP contribution in [0.5, 0.6) is 0 Å². The number of benzene rings is 1. The molecule has 0 bridgehead atoms. The number of carbonyl (C=O) groups excluding carboxylic acids is 1. The Morgan fingerprint density at radius 1 is 1.22 bits per heavy atom. The summed E-state index contributed by atoms with van der Waals surface area (Å²) in [7, 11) is -3.77. The van der Waals surface area contributed by atoms with Crippen molar-refractivity contribution in [3.8, 4) is 0 Å². The van der Waals surface area contributed by atoms with Crippen molar-refractivity contribution in [2.45, 2.75) is 17.4 Å². The summed E-state index contributed by atoms with van der Waals surface area (Å²) in [6.45, 7) is 1.23. The highest BCUT2D eigenvalue weighted by Gasteiger charge is 2.25. The molecule has 8 nitrogen and oxygen atoms in total. The van der Waals surface area contributed by atoms with Gasteiger partial charge in [0, 0.05) is 31.0 Å². The molecular weight excluding hydrogens is 413 g/mol. The topological polar surface area (TPSA) is 117 Å². The van der Waals surface area contributed by atoms with E-state index in [1.54, 1.807) is 24.3 Å². The number of hydrogen-bond donors (Lipinski definition) is 3. The number of halogens is 2. The fourth-order valence-corrected chi connectivity index (χ4v) is 3.50.